The van der Waals surface area contributed by atoms with Gasteiger partial charge >= 0.3 is 5.97 Å². The summed E-state index contributed by atoms with van der Waals surface area (Å²) in [6.45, 7) is 0.893. The molecule has 5 rings (SSSR count). The molecule has 0 atom stereocenters. The lowest BCUT2D eigenvalue weighted by molar-refractivity contribution is -0.131. The van der Waals surface area contributed by atoms with Gasteiger partial charge < -0.3 is 14.4 Å². The van der Waals surface area contributed by atoms with E-state index in [2.05, 4.69) is 36.4 Å². The maximum absolute atomic E-state index is 12.5. The largest absolute Gasteiger partial charge is 0.489 e. The molecule has 0 saturated heterocycles. The number of carbonyl (C=O) groups is 2. The molecule has 0 saturated carbocycles. The molecule has 0 aliphatic rings. The first kappa shape index (κ1) is 23.1. The second-order valence-corrected chi connectivity index (χ2v) is 8.74. The summed E-state index contributed by atoms with van der Waals surface area (Å²) < 4.78 is 7.83. The average molecular weight is 476 g/mol. The van der Waals surface area contributed by atoms with Gasteiger partial charge in [0, 0.05) is 23.6 Å². The van der Waals surface area contributed by atoms with E-state index in [1.807, 2.05) is 65.2 Å². The fraction of sp³-hybridized carbons (Fsp3) is 0.0968. The number of Topliss-reactive ketones (excluding diaryl/α,β-unsaturated/α-hetero) is 1. The molecule has 178 valence electrons. The number of fused-ring (bicyclic) bond motifs is 1. The van der Waals surface area contributed by atoms with Crippen molar-refractivity contribution in [1.29, 1.82) is 0 Å². The zero-order valence-electron chi connectivity index (χ0n) is 19.6. The molecule has 0 aliphatic carbocycles. The van der Waals surface area contributed by atoms with Crippen LogP contribution in [0.15, 0.2) is 109 Å². The minimum atomic E-state index is -1.48. The lowest BCUT2D eigenvalue weighted by atomic mass is 10.0. The molecule has 1 heterocycles. The lowest BCUT2D eigenvalue weighted by Crippen LogP contribution is -2.12. The van der Waals surface area contributed by atoms with Crippen molar-refractivity contribution < 1.29 is 19.4 Å². The Morgan fingerprint density at radius 2 is 1.33 bits per heavy atom. The van der Waals surface area contributed by atoms with Crippen LogP contribution in [-0.4, -0.2) is 21.4 Å². The molecule has 0 amide bonds. The van der Waals surface area contributed by atoms with Crippen molar-refractivity contribution in [3.63, 3.8) is 0 Å². The number of nitrogens with zero attached hydrogens (tertiary/aromatic N) is 1. The average Bonchev–Trinajstić information content (AvgIpc) is 3.26. The van der Waals surface area contributed by atoms with Crippen LogP contribution in [0.3, 0.4) is 0 Å². The third kappa shape index (κ3) is 5.20. The van der Waals surface area contributed by atoms with Crippen molar-refractivity contribution in [3.8, 4) is 5.75 Å². The van der Waals surface area contributed by atoms with E-state index in [1.165, 1.54) is 11.1 Å². The highest BCUT2D eigenvalue weighted by molar-refractivity contribution is 6.42. The Labute approximate surface area is 209 Å². The zero-order valence-corrected chi connectivity index (χ0v) is 19.6. The van der Waals surface area contributed by atoms with E-state index in [-0.39, 0.29) is 5.56 Å². The topological polar surface area (TPSA) is 68.5 Å². The molecule has 0 bridgehead atoms. The molecule has 5 nitrogen and oxygen atoms in total. The number of hydrogen-bond donors (Lipinski definition) is 1. The number of ketones is 1. The second kappa shape index (κ2) is 10.3. The van der Waals surface area contributed by atoms with Crippen LogP contribution in [0.2, 0.25) is 0 Å². The van der Waals surface area contributed by atoms with Crippen LogP contribution in [-0.2, 0) is 24.4 Å². The molecule has 36 heavy (non-hydrogen) atoms. The van der Waals surface area contributed by atoms with Gasteiger partial charge in [0.2, 0.25) is 0 Å². The predicted octanol–water partition coefficient (Wildman–Crippen LogP) is 6.13. The fourth-order valence-corrected chi connectivity index (χ4v) is 4.32. The SMILES string of the molecule is O=C(O)C(=O)c1cn(Cc2ccc(Cc3ccccc3)cc2)c2ccc(OCc3ccccc3)cc12. The monoisotopic (exact) mass is 475 g/mol. The molecule has 5 heteroatoms. The summed E-state index contributed by atoms with van der Waals surface area (Å²) >= 11 is 0. The number of aliphatic carboxylic acids is 1. The first-order valence-corrected chi connectivity index (χ1v) is 11.8. The summed E-state index contributed by atoms with van der Waals surface area (Å²) in [6.07, 6.45) is 2.48. The Morgan fingerprint density at radius 3 is 2.00 bits per heavy atom. The number of benzene rings is 4. The van der Waals surface area contributed by atoms with Crippen molar-refractivity contribution in [2.75, 3.05) is 0 Å². The molecule has 5 aromatic rings. The van der Waals surface area contributed by atoms with Gasteiger partial charge in [-0.1, -0.05) is 84.9 Å². The number of aromatic nitrogens is 1. The van der Waals surface area contributed by atoms with Gasteiger partial charge in [0.05, 0.1) is 5.56 Å². The van der Waals surface area contributed by atoms with Gasteiger partial charge in [0.25, 0.3) is 5.78 Å². The van der Waals surface area contributed by atoms with Gasteiger partial charge in [-0.25, -0.2) is 4.79 Å². The number of ether oxygens (including phenoxy) is 1. The second-order valence-electron chi connectivity index (χ2n) is 8.74. The summed E-state index contributed by atoms with van der Waals surface area (Å²) in [7, 11) is 0. The molecule has 4 aromatic carbocycles. The van der Waals surface area contributed by atoms with Gasteiger partial charge in [-0.05, 0) is 46.9 Å². The van der Waals surface area contributed by atoms with Crippen LogP contribution in [0.4, 0.5) is 0 Å². The van der Waals surface area contributed by atoms with E-state index in [1.54, 1.807) is 12.3 Å². The van der Waals surface area contributed by atoms with Crippen LogP contribution < -0.4 is 4.74 Å². The van der Waals surface area contributed by atoms with E-state index < -0.39 is 11.8 Å². The van der Waals surface area contributed by atoms with E-state index in [4.69, 9.17) is 4.74 Å². The van der Waals surface area contributed by atoms with Crippen molar-refractivity contribution >= 4 is 22.7 Å². The van der Waals surface area contributed by atoms with Crippen LogP contribution >= 0.6 is 0 Å². The zero-order chi connectivity index (χ0) is 24.9. The molecular formula is C31H25NO4. The number of hydrogen-bond acceptors (Lipinski definition) is 3. The maximum atomic E-state index is 12.5. The Balaban J connectivity index is 1.40. The Bertz CT molecular complexity index is 1500. The number of carbonyl (C=O) groups excluding carboxylic acids is 1. The minimum Gasteiger partial charge on any atom is -0.489 e. The van der Waals surface area contributed by atoms with Crippen LogP contribution in [0.1, 0.15) is 32.6 Å². The number of carboxylic acids is 1. The van der Waals surface area contributed by atoms with Crippen LogP contribution in [0, 0.1) is 0 Å². The fourth-order valence-electron chi connectivity index (χ4n) is 4.32. The van der Waals surface area contributed by atoms with Gasteiger partial charge in [-0.15, -0.1) is 0 Å². The van der Waals surface area contributed by atoms with E-state index in [0.717, 1.165) is 23.1 Å². The molecule has 0 fully saturated rings. The van der Waals surface area contributed by atoms with Gasteiger partial charge in [0.1, 0.15) is 12.4 Å². The molecule has 0 spiro atoms. The van der Waals surface area contributed by atoms with E-state index in [0.29, 0.717) is 24.3 Å². The number of rotatable bonds is 9. The Kier molecular flexibility index (Phi) is 6.63. The summed E-state index contributed by atoms with van der Waals surface area (Å²) in [6, 6.07) is 33.9. The van der Waals surface area contributed by atoms with Crippen LogP contribution in [0.5, 0.6) is 5.75 Å². The van der Waals surface area contributed by atoms with E-state index >= 15 is 0 Å². The molecule has 1 N–H and O–H groups in total. The highest BCUT2D eigenvalue weighted by atomic mass is 16.5. The highest BCUT2D eigenvalue weighted by Crippen LogP contribution is 2.28. The van der Waals surface area contributed by atoms with Crippen molar-refractivity contribution in [2.45, 2.75) is 19.6 Å². The molecule has 0 radical (unpaired) electrons. The third-order valence-corrected chi connectivity index (χ3v) is 6.17. The molecular weight excluding hydrogens is 450 g/mol. The molecule has 1 aromatic heterocycles. The first-order valence-electron chi connectivity index (χ1n) is 11.8. The normalized spacial score (nSPS) is 10.9. The lowest BCUT2D eigenvalue weighted by Gasteiger charge is -2.09. The quantitative estimate of drug-likeness (QED) is 0.206. The summed E-state index contributed by atoms with van der Waals surface area (Å²) in [4.78, 5) is 24.0. The van der Waals surface area contributed by atoms with Crippen LogP contribution in [0.25, 0.3) is 10.9 Å². The van der Waals surface area contributed by atoms with E-state index in [9.17, 15) is 14.7 Å². The summed E-state index contributed by atoms with van der Waals surface area (Å²) in [5.74, 6) is -1.83. The minimum absolute atomic E-state index is 0.156. The van der Waals surface area contributed by atoms with Gasteiger partial charge in [-0.3, -0.25) is 4.79 Å². The smallest absolute Gasteiger partial charge is 0.377 e. The van der Waals surface area contributed by atoms with Crippen molar-refractivity contribution in [1.82, 2.24) is 4.57 Å². The van der Waals surface area contributed by atoms with Crippen molar-refractivity contribution in [3.05, 3.63) is 137 Å². The first-order chi connectivity index (χ1) is 17.6. The third-order valence-electron chi connectivity index (χ3n) is 6.17. The number of carboxylic acid groups (broad SMARTS) is 1. The van der Waals surface area contributed by atoms with Crippen molar-refractivity contribution in [2.24, 2.45) is 0 Å². The highest BCUT2D eigenvalue weighted by Gasteiger charge is 2.21. The maximum Gasteiger partial charge on any atom is 0.377 e. The molecule has 0 aliphatic heterocycles. The standard InChI is InChI=1S/C31H25NO4/c33-30(31(34)35)28-20-32(19-24-13-11-23(12-14-24)17-22-7-3-1-4-8-22)29-16-15-26(18-27(28)29)36-21-25-9-5-2-6-10-25/h1-16,18,20H,17,19,21H2,(H,34,35). The van der Waals surface area contributed by atoms with Gasteiger partial charge in [0.15, 0.2) is 0 Å². The molecule has 0 unspecified atom stereocenters. The summed E-state index contributed by atoms with van der Waals surface area (Å²) in [5, 5.41) is 9.94. The Morgan fingerprint density at radius 1 is 0.722 bits per heavy atom. The summed E-state index contributed by atoms with van der Waals surface area (Å²) in [5.41, 5.74) is 5.48. The Hall–Kier alpha value is -4.64. The predicted molar refractivity (Wildman–Crippen MR) is 139 cm³/mol. The van der Waals surface area contributed by atoms with Gasteiger partial charge in [-0.2, -0.15) is 0 Å².